The van der Waals surface area contributed by atoms with Gasteiger partial charge in [0.2, 0.25) is 5.95 Å². The van der Waals surface area contributed by atoms with Crippen LogP contribution in [0.1, 0.15) is 54.3 Å². The summed E-state index contributed by atoms with van der Waals surface area (Å²) in [5, 5.41) is 0. The highest BCUT2D eigenvalue weighted by Gasteiger charge is 2.27. The van der Waals surface area contributed by atoms with Crippen molar-refractivity contribution in [2.24, 2.45) is 12.8 Å². The minimum atomic E-state index is -0.673. The van der Waals surface area contributed by atoms with Crippen molar-refractivity contribution in [1.82, 2.24) is 18.7 Å². The largest absolute Gasteiger partial charge is 0.398 e. The van der Waals surface area contributed by atoms with Crippen LogP contribution in [-0.4, -0.2) is 49.4 Å². The van der Waals surface area contributed by atoms with Crippen molar-refractivity contribution >= 4 is 34.4 Å². The standard InChI is InChI=1S/C26H33N7O4/c1-15(2)10-12-32-22-23(29-25(32)31-11-6-7-17(27)13-31)30(4)26(37)33(24(22)36)14-20(35)18-8-5-9-19(28)21(18)16(3)34/h5,8-10,17H,6-7,11-14,27-28H2,1-4H3. The maximum absolute atomic E-state index is 13.8. The number of ketones is 2. The van der Waals surface area contributed by atoms with Crippen molar-refractivity contribution < 1.29 is 9.59 Å². The van der Waals surface area contributed by atoms with E-state index >= 15 is 0 Å². The van der Waals surface area contributed by atoms with Gasteiger partial charge in [-0.25, -0.2) is 4.79 Å². The monoisotopic (exact) mass is 507 g/mol. The van der Waals surface area contributed by atoms with Crippen LogP contribution in [0.25, 0.3) is 11.2 Å². The molecule has 4 N–H and O–H groups in total. The van der Waals surface area contributed by atoms with E-state index in [4.69, 9.17) is 16.5 Å². The molecule has 0 amide bonds. The number of nitrogen functional groups attached to an aromatic ring is 1. The normalized spacial score (nSPS) is 15.7. The number of aromatic nitrogens is 4. The molecule has 0 bridgehead atoms. The maximum Gasteiger partial charge on any atom is 0.332 e. The van der Waals surface area contributed by atoms with Crippen LogP contribution in [0, 0.1) is 0 Å². The predicted octanol–water partition coefficient (Wildman–Crippen LogP) is 1.46. The fourth-order valence-corrected chi connectivity index (χ4v) is 4.80. The van der Waals surface area contributed by atoms with Gasteiger partial charge in [0, 0.05) is 44.0 Å². The zero-order chi connectivity index (χ0) is 27.0. The number of hydrogen-bond donors (Lipinski definition) is 2. The van der Waals surface area contributed by atoms with Gasteiger partial charge < -0.3 is 20.9 Å². The molecule has 1 fully saturated rings. The molecule has 3 aromatic rings. The first-order valence-electron chi connectivity index (χ1n) is 12.3. The number of Topliss-reactive ketones (excluding diaryl/α,β-unsaturated/α-hetero) is 2. The number of nitrogens with zero attached hydrogens (tertiary/aromatic N) is 5. The molecule has 0 aliphatic carbocycles. The average Bonchev–Trinajstić information content (AvgIpc) is 3.23. The fraction of sp³-hybridized carbons (Fsp3) is 0.423. The summed E-state index contributed by atoms with van der Waals surface area (Å²) in [5.41, 5.74) is 12.7. The minimum absolute atomic E-state index is 0.0163. The van der Waals surface area contributed by atoms with E-state index in [-0.39, 0.29) is 39.8 Å². The summed E-state index contributed by atoms with van der Waals surface area (Å²) >= 11 is 0. The summed E-state index contributed by atoms with van der Waals surface area (Å²) in [6.07, 6.45) is 3.77. The van der Waals surface area contributed by atoms with Gasteiger partial charge in [-0.15, -0.1) is 0 Å². The second-order valence-electron chi connectivity index (χ2n) is 9.81. The molecule has 3 heterocycles. The molecule has 1 aliphatic heterocycles. The highest BCUT2D eigenvalue weighted by Crippen LogP contribution is 2.24. The van der Waals surface area contributed by atoms with E-state index < -0.39 is 23.6 Å². The van der Waals surface area contributed by atoms with Gasteiger partial charge in [-0.05, 0) is 39.7 Å². The Balaban J connectivity index is 1.89. The second kappa shape index (κ2) is 10.2. The lowest BCUT2D eigenvalue weighted by Crippen LogP contribution is -2.44. The minimum Gasteiger partial charge on any atom is -0.398 e. The van der Waals surface area contributed by atoms with Crippen molar-refractivity contribution in [3.63, 3.8) is 0 Å². The lowest BCUT2D eigenvalue weighted by molar-refractivity contribution is 0.0951. The average molecular weight is 508 g/mol. The Morgan fingerprint density at radius 2 is 1.89 bits per heavy atom. The molecule has 11 heteroatoms. The first-order valence-corrected chi connectivity index (χ1v) is 12.3. The van der Waals surface area contributed by atoms with Crippen LogP contribution in [0.4, 0.5) is 11.6 Å². The lowest BCUT2D eigenvalue weighted by Gasteiger charge is -2.31. The smallest absolute Gasteiger partial charge is 0.332 e. The van der Waals surface area contributed by atoms with Gasteiger partial charge in [-0.1, -0.05) is 23.8 Å². The molecule has 0 saturated carbocycles. The number of imidazole rings is 1. The number of allylic oxidation sites excluding steroid dienone is 2. The number of aryl methyl sites for hydroxylation is 1. The molecule has 11 nitrogen and oxygen atoms in total. The van der Waals surface area contributed by atoms with E-state index in [2.05, 4.69) is 0 Å². The van der Waals surface area contributed by atoms with Gasteiger partial charge in [-0.2, -0.15) is 4.98 Å². The summed E-state index contributed by atoms with van der Waals surface area (Å²) in [5.74, 6) is -0.372. The Hall–Kier alpha value is -3.99. The Morgan fingerprint density at radius 1 is 1.16 bits per heavy atom. The van der Waals surface area contributed by atoms with E-state index in [9.17, 15) is 19.2 Å². The van der Waals surface area contributed by atoms with Gasteiger partial charge in [0.25, 0.3) is 5.56 Å². The molecule has 196 valence electrons. The SMILES string of the molecule is CC(=O)c1c(N)cccc1C(=O)Cn1c(=O)c2c(nc(N3CCCC(N)C3)n2CC=C(C)C)n(C)c1=O. The van der Waals surface area contributed by atoms with Crippen molar-refractivity contribution in [3.05, 3.63) is 61.8 Å². The summed E-state index contributed by atoms with van der Waals surface area (Å²) in [7, 11) is 1.52. The van der Waals surface area contributed by atoms with Gasteiger partial charge in [0.1, 0.15) is 0 Å². The highest BCUT2D eigenvalue weighted by molar-refractivity contribution is 6.11. The number of hydrogen-bond acceptors (Lipinski definition) is 8. The number of anilines is 2. The first-order chi connectivity index (χ1) is 17.5. The van der Waals surface area contributed by atoms with E-state index in [1.54, 1.807) is 10.6 Å². The molecule has 1 aliphatic rings. The Labute approximate surface area is 214 Å². The van der Waals surface area contributed by atoms with Crippen molar-refractivity contribution in [1.29, 1.82) is 0 Å². The molecule has 1 unspecified atom stereocenters. The van der Waals surface area contributed by atoms with Crippen LogP contribution >= 0.6 is 0 Å². The molecular formula is C26H33N7O4. The summed E-state index contributed by atoms with van der Waals surface area (Å²) in [6, 6.07) is 4.54. The van der Waals surface area contributed by atoms with E-state index in [1.165, 1.54) is 30.7 Å². The van der Waals surface area contributed by atoms with E-state index in [1.807, 2.05) is 24.8 Å². The Morgan fingerprint density at radius 3 is 2.54 bits per heavy atom. The summed E-state index contributed by atoms with van der Waals surface area (Å²) in [6.45, 7) is 6.38. The predicted molar refractivity (Wildman–Crippen MR) is 143 cm³/mol. The molecule has 1 saturated heterocycles. The van der Waals surface area contributed by atoms with Gasteiger partial charge in [-0.3, -0.25) is 23.5 Å². The van der Waals surface area contributed by atoms with Gasteiger partial charge in [0.05, 0.1) is 12.1 Å². The number of carbonyl (C=O) groups is 2. The van der Waals surface area contributed by atoms with Crippen LogP contribution in [0.2, 0.25) is 0 Å². The molecule has 0 radical (unpaired) electrons. The van der Waals surface area contributed by atoms with Crippen LogP contribution in [0.3, 0.4) is 0 Å². The fourth-order valence-electron chi connectivity index (χ4n) is 4.80. The zero-order valence-corrected chi connectivity index (χ0v) is 21.7. The van der Waals surface area contributed by atoms with E-state index in [0.29, 0.717) is 19.0 Å². The van der Waals surface area contributed by atoms with Gasteiger partial charge in [0.15, 0.2) is 22.7 Å². The molecule has 2 aromatic heterocycles. The van der Waals surface area contributed by atoms with Gasteiger partial charge >= 0.3 is 5.69 Å². The third-order valence-electron chi connectivity index (χ3n) is 6.69. The van der Waals surface area contributed by atoms with E-state index in [0.717, 1.165) is 29.5 Å². The Bertz CT molecular complexity index is 1540. The molecule has 1 atom stereocenters. The number of carbonyl (C=O) groups excluding carboxylic acids is 2. The number of nitrogens with two attached hydrogens (primary N) is 2. The summed E-state index contributed by atoms with van der Waals surface area (Å²) < 4.78 is 3.95. The van der Waals surface area contributed by atoms with Crippen molar-refractivity contribution in [2.45, 2.75) is 52.7 Å². The van der Waals surface area contributed by atoms with Crippen LogP contribution in [0.15, 0.2) is 39.4 Å². The number of benzene rings is 1. The zero-order valence-electron chi connectivity index (χ0n) is 21.7. The first kappa shape index (κ1) is 26.1. The van der Waals surface area contributed by atoms with Crippen LogP contribution < -0.4 is 27.6 Å². The second-order valence-corrected chi connectivity index (χ2v) is 9.81. The quantitative estimate of drug-likeness (QED) is 0.277. The van der Waals surface area contributed by atoms with Crippen molar-refractivity contribution in [3.8, 4) is 0 Å². The van der Waals surface area contributed by atoms with Crippen LogP contribution in [0.5, 0.6) is 0 Å². The molecule has 37 heavy (non-hydrogen) atoms. The number of fused-ring (bicyclic) bond motifs is 1. The van der Waals surface area contributed by atoms with Crippen LogP contribution in [-0.2, 0) is 20.1 Å². The maximum atomic E-state index is 13.8. The molecule has 1 aromatic carbocycles. The molecular weight excluding hydrogens is 474 g/mol. The number of rotatable bonds is 7. The highest BCUT2D eigenvalue weighted by atomic mass is 16.2. The third kappa shape index (κ3) is 4.86. The Kier molecular flexibility index (Phi) is 7.17. The molecule has 4 rings (SSSR count). The lowest BCUT2D eigenvalue weighted by atomic mass is 9.99. The number of piperidine rings is 1. The molecule has 0 spiro atoms. The third-order valence-corrected chi connectivity index (χ3v) is 6.69. The topological polar surface area (TPSA) is 151 Å². The summed E-state index contributed by atoms with van der Waals surface area (Å²) in [4.78, 5) is 59.2. The van der Waals surface area contributed by atoms with Crippen molar-refractivity contribution in [2.75, 3.05) is 23.7 Å².